The lowest BCUT2D eigenvalue weighted by molar-refractivity contribution is -0.133. The van der Waals surface area contributed by atoms with Crippen molar-refractivity contribution in [2.45, 2.75) is 0 Å². The summed E-state index contributed by atoms with van der Waals surface area (Å²) < 4.78 is 9.15. The van der Waals surface area contributed by atoms with E-state index in [0.717, 1.165) is 0 Å². The first-order valence-electron chi connectivity index (χ1n) is 3.06. The molecule has 3 heteroatoms. The highest BCUT2D eigenvalue weighted by Crippen LogP contribution is 1.73. The van der Waals surface area contributed by atoms with Crippen LogP contribution in [0.25, 0.3) is 0 Å². The molecule has 0 heterocycles. The van der Waals surface area contributed by atoms with Gasteiger partial charge in [0.05, 0.1) is 13.7 Å². The van der Waals surface area contributed by atoms with Gasteiger partial charge in [-0.25, -0.2) is 4.79 Å². The number of ether oxygens (including phenoxy) is 2. The first-order valence-corrected chi connectivity index (χ1v) is 3.06. The van der Waals surface area contributed by atoms with Crippen molar-refractivity contribution in [2.24, 2.45) is 0 Å². The van der Waals surface area contributed by atoms with Crippen molar-refractivity contribution < 1.29 is 14.3 Å². The van der Waals surface area contributed by atoms with Crippen LogP contribution in [0.15, 0.2) is 12.7 Å². The van der Waals surface area contributed by atoms with Gasteiger partial charge in [0.1, 0.15) is 6.61 Å². The zero-order chi connectivity index (χ0) is 8.53. The van der Waals surface area contributed by atoms with Crippen molar-refractivity contribution in [3.63, 3.8) is 0 Å². The Morgan fingerprint density at radius 2 is 2.45 bits per heavy atom. The van der Waals surface area contributed by atoms with E-state index in [-0.39, 0.29) is 6.61 Å². The van der Waals surface area contributed by atoms with Gasteiger partial charge in [0.25, 0.3) is 0 Å². The van der Waals surface area contributed by atoms with E-state index < -0.39 is 5.97 Å². The summed E-state index contributed by atoms with van der Waals surface area (Å²) in [5.74, 6) is 4.15. The third kappa shape index (κ3) is 6.62. The normalized spacial score (nSPS) is 7.73. The predicted octanol–water partition coefficient (Wildman–Crippen LogP) is 0.365. The molecule has 0 aromatic heterocycles. The Labute approximate surface area is 66.0 Å². The first-order chi connectivity index (χ1) is 5.31. The lowest BCUT2D eigenvalue weighted by atomic mass is 10.6. The van der Waals surface area contributed by atoms with E-state index >= 15 is 0 Å². The minimum atomic E-state index is -0.549. The summed E-state index contributed by atoms with van der Waals surface area (Å²) >= 11 is 0. The zero-order valence-corrected chi connectivity index (χ0v) is 6.42. The van der Waals surface area contributed by atoms with Crippen molar-refractivity contribution in [1.29, 1.82) is 0 Å². The van der Waals surface area contributed by atoms with Gasteiger partial charge in [-0.2, -0.15) is 0 Å². The molecular weight excluding hydrogens is 144 g/mol. The molecule has 0 aromatic carbocycles. The number of esters is 1. The van der Waals surface area contributed by atoms with Crippen LogP contribution in [-0.4, -0.2) is 26.3 Å². The quantitative estimate of drug-likeness (QED) is 0.194. The summed E-state index contributed by atoms with van der Waals surface area (Å²) in [5, 5.41) is 0. The van der Waals surface area contributed by atoms with Crippen molar-refractivity contribution in [3.8, 4) is 11.8 Å². The van der Waals surface area contributed by atoms with Crippen molar-refractivity contribution >= 4 is 5.97 Å². The van der Waals surface area contributed by atoms with E-state index in [9.17, 15) is 4.79 Å². The summed E-state index contributed by atoms with van der Waals surface area (Å²) in [6.45, 7) is 4.11. The van der Waals surface area contributed by atoms with Crippen LogP contribution < -0.4 is 0 Å². The van der Waals surface area contributed by atoms with E-state index in [0.29, 0.717) is 6.61 Å². The minimum Gasteiger partial charge on any atom is -0.459 e. The van der Waals surface area contributed by atoms with Crippen LogP contribution in [0, 0.1) is 11.8 Å². The summed E-state index contributed by atoms with van der Waals surface area (Å²) in [6.07, 6.45) is 1.61. The number of carbonyl (C=O) groups excluding carboxylic acids is 1. The molecule has 0 spiro atoms. The monoisotopic (exact) mass is 154 g/mol. The SMILES string of the molecule is C=CCOCC#CC(=O)OC. The van der Waals surface area contributed by atoms with Crippen LogP contribution in [0.2, 0.25) is 0 Å². The second-order valence-corrected chi connectivity index (χ2v) is 1.60. The molecule has 0 aliphatic heterocycles. The minimum absolute atomic E-state index is 0.223. The number of carbonyl (C=O) groups is 1. The third-order valence-corrected chi connectivity index (χ3v) is 0.786. The lowest BCUT2D eigenvalue weighted by Crippen LogP contribution is -1.96. The van der Waals surface area contributed by atoms with Crippen LogP contribution in [0.4, 0.5) is 0 Å². The van der Waals surface area contributed by atoms with Crippen LogP contribution in [0.1, 0.15) is 0 Å². The molecule has 0 atom stereocenters. The van der Waals surface area contributed by atoms with Gasteiger partial charge in [0.15, 0.2) is 0 Å². The maximum atomic E-state index is 10.4. The Hall–Kier alpha value is -1.27. The van der Waals surface area contributed by atoms with Crippen LogP contribution in [0.5, 0.6) is 0 Å². The summed E-state index contributed by atoms with van der Waals surface area (Å²) in [4.78, 5) is 10.4. The van der Waals surface area contributed by atoms with Gasteiger partial charge in [0, 0.05) is 5.92 Å². The first kappa shape index (κ1) is 9.73. The molecule has 0 rings (SSSR count). The molecule has 0 saturated heterocycles. The highest BCUT2D eigenvalue weighted by Gasteiger charge is 1.87. The van der Waals surface area contributed by atoms with Gasteiger partial charge in [0.2, 0.25) is 0 Å². The van der Waals surface area contributed by atoms with Crippen molar-refractivity contribution in [1.82, 2.24) is 0 Å². The largest absolute Gasteiger partial charge is 0.459 e. The molecule has 0 aliphatic rings. The van der Waals surface area contributed by atoms with Crippen LogP contribution >= 0.6 is 0 Å². The Bertz CT molecular complexity index is 185. The van der Waals surface area contributed by atoms with Gasteiger partial charge in [-0.3, -0.25) is 0 Å². The highest BCUT2D eigenvalue weighted by atomic mass is 16.5. The second-order valence-electron chi connectivity index (χ2n) is 1.60. The van der Waals surface area contributed by atoms with Crippen molar-refractivity contribution in [3.05, 3.63) is 12.7 Å². The molecule has 0 radical (unpaired) electrons. The molecule has 0 fully saturated rings. The summed E-state index contributed by atoms with van der Waals surface area (Å²) in [6, 6.07) is 0. The Balaban J connectivity index is 3.39. The average molecular weight is 154 g/mol. The standard InChI is InChI=1S/C8H10O3/c1-3-6-11-7-4-5-8(9)10-2/h3H,1,6-7H2,2H3. The van der Waals surface area contributed by atoms with Gasteiger partial charge >= 0.3 is 5.97 Å². The van der Waals surface area contributed by atoms with E-state index in [2.05, 4.69) is 23.2 Å². The van der Waals surface area contributed by atoms with Gasteiger partial charge < -0.3 is 9.47 Å². The molecule has 3 nitrogen and oxygen atoms in total. The van der Waals surface area contributed by atoms with E-state index in [1.807, 2.05) is 0 Å². The maximum Gasteiger partial charge on any atom is 0.384 e. The number of methoxy groups -OCH3 is 1. The summed E-state index contributed by atoms with van der Waals surface area (Å²) in [5.41, 5.74) is 0. The number of hydrogen-bond donors (Lipinski definition) is 0. The molecule has 0 aromatic rings. The smallest absolute Gasteiger partial charge is 0.384 e. The maximum absolute atomic E-state index is 10.4. The fourth-order valence-electron chi connectivity index (χ4n) is 0.353. The highest BCUT2D eigenvalue weighted by molar-refractivity contribution is 5.88. The van der Waals surface area contributed by atoms with Gasteiger partial charge in [-0.15, -0.1) is 6.58 Å². The fourth-order valence-corrected chi connectivity index (χ4v) is 0.353. The zero-order valence-electron chi connectivity index (χ0n) is 6.42. The van der Waals surface area contributed by atoms with E-state index in [1.54, 1.807) is 6.08 Å². The van der Waals surface area contributed by atoms with E-state index in [1.165, 1.54) is 7.11 Å². The predicted molar refractivity (Wildman–Crippen MR) is 40.8 cm³/mol. The number of rotatable bonds is 3. The molecule has 60 valence electrons. The molecule has 0 amide bonds. The summed E-state index contributed by atoms with van der Waals surface area (Å²) in [7, 11) is 1.28. The number of hydrogen-bond acceptors (Lipinski definition) is 3. The third-order valence-electron chi connectivity index (χ3n) is 0.786. The Morgan fingerprint density at radius 3 is 3.00 bits per heavy atom. The Morgan fingerprint density at radius 1 is 1.73 bits per heavy atom. The van der Waals surface area contributed by atoms with Gasteiger partial charge in [-0.1, -0.05) is 12.0 Å². The Kier molecular flexibility index (Phi) is 6.05. The second kappa shape index (κ2) is 6.84. The van der Waals surface area contributed by atoms with Crippen molar-refractivity contribution in [2.75, 3.05) is 20.3 Å². The molecule has 11 heavy (non-hydrogen) atoms. The molecule has 0 aliphatic carbocycles. The van der Waals surface area contributed by atoms with Crippen LogP contribution in [0.3, 0.4) is 0 Å². The average Bonchev–Trinajstić information content (AvgIpc) is 2.04. The molecule has 0 bridgehead atoms. The van der Waals surface area contributed by atoms with E-state index in [4.69, 9.17) is 4.74 Å². The van der Waals surface area contributed by atoms with Crippen LogP contribution in [-0.2, 0) is 14.3 Å². The topological polar surface area (TPSA) is 35.5 Å². The molecule has 0 unspecified atom stereocenters. The lowest BCUT2D eigenvalue weighted by Gasteiger charge is -1.89. The molecule has 0 N–H and O–H groups in total. The molecular formula is C8H10O3. The van der Waals surface area contributed by atoms with Gasteiger partial charge in [-0.05, 0) is 0 Å². The fraction of sp³-hybridized carbons (Fsp3) is 0.375. The molecule has 0 saturated carbocycles.